The van der Waals surface area contributed by atoms with E-state index in [2.05, 4.69) is 20.4 Å². The van der Waals surface area contributed by atoms with Gasteiger partial charge >= 0.3 is 0 Å². The van der Waals surface area contributed by atoms with Crippen molar-refractivity contribution in [3.05, 3.63) is 23.0 Å². The van der Waals surface area contributed by atoms with Crippen LogP contribution in [0.3, 0.4) is 0 Å². The Hall–Kier alpha value is -1.04. The van der Waals surface area contributed by atoms with Crippen LogP contribution >= 0.6 is 11.6 Å². The van der Waals surface area contributed by atoms with Crippen molar-refractivity contribution in [2.75, 3.05) is 62.6 Å². The number of likely N-dealkylation sites (tertiary alicyclic amines) is 1. The van der Waals surface area contributed by atoms with Gasteiger partial charge in [-0.15, -0.1) is 0 Å². The first-order valence-electron chi connectivity index (χ1n) is 8.15. The van der Waals surface area contributed by atoms with E-state index < -0.39 is 0 Å². The standard InChI is InChI=1S/C16H24ClFN4/c17-16-14(20-5-8-21-6-1-2-7-21)11-13(18)12-15(16)22-9-3-19-4-10-22/h11-12,19-20H,1-10H2. The lowest BCUT2D eigenvalue weighted by molar-refractivity contribution is 0.352. The predicted octanol–water partition coefficient (Wildman–Crippen LogP) is 2.40. The van der Waals surface area contributed by atoms with Gasteiger partial charge in [-0.2, -0.15) is 0 Å². The van der Waals surface area contributed by atoms with Crippen molar-refractivity contribution in [1.82, 2.24) is 10.2 Å². The molecule has 22 heavy (non-hydrogen) atoms. The second-order valence-corrected chi connectivity index (χ2v) is 6.38. The summed E-state index contributed by atoms with van der Waals surface area (Å²) in [6.45, 7) is 7.65. The lowest BCUT2D eigenvalue weighted by atomic mass is 10.2. The van der Waals surface area contributed by atoms with Gasteiger partial charge in [-0.3, -0.25) is 0 Å². The van der Waals surface area contributed by atoms with Crippen molar-refractivity contribution >= 4 is 23.0 Å². The number of hydrogen-bond donors (Lipinski definition) is 2. The summed E-state index contributed by atoms with van der Waals surface area (Å²) < 4.78 is 13.9. The molecule has 0 saturated carbocycles. The maximum atomic E-state index is 13.9. The number of rotatable bonds is 5. The zero-order valence-corrected chi connectivity index (χ0v) is 13.6. The highest BCUT2D eigenvalue weighted by Gasteiger charge is 2.18. The molecule has 0 atom stereocenters. The SMILES string of the molecule is Fc1cc(NCCN2CCCC2)c(Cl)c(N2CCNCC2)c1. The van der Waals surface area contributed by atoms with Gasteiger partial charge in [0.15, 0.2) is 0 Å². The summed E-state index contributed by atoms with van der Waals surface area (Å²) in [5.41, 5.74) is 1.50. The van der Waals surface area contributed by atoms with Gasteiger partial charge in [-0.05, 0) is 38.1 Å². The lowest BCUT2D eigenvalue weighted by Crippen LogP contribution is -2.43. The average Bonchev–Trinajstić information content (AvgIpc) is 3.04. The zero-order chi connectivity index (χ0) is 15.4. The fourth-order valence-corrected chi connectivity index (χ4v) is 3.49. The van der Waals surface area contributed by atoms with Gasteiger partial charge in [0.1, 0.15) is 5.82 Å². The molecule has 3 rings (SSSR count). The minimum Gasteiger partial charge on any atom is -0.382 e. The van der Waals surface area contributed by atoms with Gasteiger partial charge in [-0.25, -0.2) is 4.39 Å². The molecule has 0 spiro atoms. The van der Waals surface area contributed by atoms with Crippen molar-refractivity contribution in [2.24, 2.45) is 0 Å². The molecule has 0 aliphatic carbocycles. The molecule has 2 N–H and O–H groups in total. The average molecular weight is 327 g/mol. The normalized spacial score (nSPS) is 19.6. The Morgan fingerprint density at radius 3 is 2.59 bits per heavy atom. The van der Waals surface area contributed by atoms with E-state index in [0.717, 1.165) is 45.0 Å². The molecule has 6 heteroatoms. The van der Waals surface area contributed by atoms with E-state index in [9.17, 15) is 4.39 Å². The second-order valence-electron chi connectivity index (χ2n) is 6.00. The van der Waals surface area contributed by atoms with Crippen molar-refractivity contribution < 1.29 is 4.39 Å². The molecule has 2 aliphatic heterocycles. The second kappa shape index (κ2) is 7.49. The highest BCUT2D eigenvalue weighted by molar-refractivity contribution is 6.36. The van der Waals surface area contributed by atoms with Crippen LogP contribution in [-0.4, -0.2) is 57.3 Å². The van der Waals surface area contributed by atoms with Crippen molar-refractivity contribution in [1.29, 1.82) is 0 Å². The lowest BCUT2D eigenvalue weighted by Gasteiger charge is -2.30. The molecular weight excluding hydrogens is 303 g/mol. The molecule has 0 bridgehead atoms. The van der Waals surface area contributed by atoms with E-state index in [1.165, 1.54) is 32.0 Å². The Kier molecular flexibility index (Phi) is 5.39. The molecule has 0 unspecified atom stereocenters. The number of hydrogen-bond acceptors (Lipinski definition) is 4. The number of nitrogens with zero attached hydrogens (tertiary/aromatic N) is 2. The third-order valence-electron chi connectivity index (χ3n) is 4.42. The van der Waals surface area contributed by atoms with E-state index in [4.69, 9.17) is 11.6 Å². The molecule has 1 aromatic carbocycles. The first kappa shape index (κ1) is 15.8. The number of nitrogens with one attached hydrogen (secondary N) is 2. The molecule has 0 aromatic heterocycles. The van der Waals surface area contributed by atoms with Crippen molar-refractivity contribution in [3.63, 3.8) is 0 Å². The molecule has 122 valence electrons. The number of piperazine rings is 1. The summed E-state index contributed by atoms with van der Waals surface area (Å²) in [7, 11) is 0. The molecule has 2 heterocycles. The van der Waals surface area contributed by atoms with E-state index in [1.54, 1.807) is 6.07 Å². The van der Waals surface area contributed by atoms with Gasteiger partial charge in [0.25, 0.3) is 0 Å². The van der Waals surface area contributed by atoms with Gasteiger partial charge < -0.3 is 20.4 Å². The summed E-state index contributed by atoms with van der Waals surface area (Å²) in [6, 6.07) is 3.04. The summed E-state index contributed by atoms with van der Waals surface area (Å²) in [5, 5.41) is 7.23. The fourth-order valence-electron chi connectivity index (χ4n) is 3.19. The van der Waals surface area contributed by atoms with Crippen LogP contribution in [0.1, 0.15) is 12.8 Å². The Morgan fingerprint density at radius 1 is 1.14 bits per heavy atom. The summed E-state index contributed by atoms with van der Waals surface area (Å²) in [4.78, 5) is 4.57. The van der Waals surface area contributed by atoms with Crippen molar-refractivity contribution in [3.8, 4) is 0 Å². The molecule has 4 nitrogen and oxygen atoms in total. The first-order chi connectivity index (χ1) is 10.7. The first-order valence-corrected chi connectivity index (χ1v) is 8.53. The van der Waals surface area contributed by atoms with Crippen LogP contribution in [-0.2, 0) is 0 Å². The van der Waals surface area contributed by atoms with Crippen LogP contribution in [0.2, 0.25) is 5.02 Å². The Morgan fingerprint density at radius 2 is 1.86 bits per heavy atom. The van der Waals surface area contributed by atoms with Crippen LogP contribution < -0.4 is 15.5 Å². The van der Waals surface area contributed by atoms with E-state index in [0.29, 0.717) is 10.7 Å². The molecule has 2 aliphatic rings. The summed E-state index contributed by atoms with van der Waals surface area (Å²) in [5.74, 6) is -0.235. The zero-order valence-electron chi connectivity index (χ0n) is 12.9. The molecule has 0 amide bonds. The topological polar surface area (TPSA) is 30.5 Å². The maximum Gasteiger partial charge on any atom is 0.127 e. The molecular formula is C16H24ClFN4. The minimum absolute atomic E-state index is 0.235. The monoisotopic (exact) mass is 326 g/mol. The minimum atomic E-state index is -0.235. The summed E-state index contributed by atoms with van der Waals surface area (Å²) >= 11 is 6.50. The smallest absolute Gasteiger partial charge is 0.127 e. The van der Waals surface area contributed by atoms with Gasteiger partial charge in [0.2, 0.25) is 0 Å². The maximum absolute atomic E-state index is 13.9. The largest absolute Gasteiger partial charge is 0.382 e. The van der Waals surface area contributed by atoms with Gasteiger partial charge in [-0.1, -0.05) is 11.6 Å². The van der Waals surface area contributed by atoms with Crippen LogP contribution in [0, 0.1) is 5.82 Å². The van der Waals surface area contributed by atoms with Gasteiger partial charge in [0, 0.05) is 39.3 Å². The van der Waals surface area contributed by atoms with Crippen LogP contribution in [0.5, 0.6) is 0 Å². The van der Waals surface area contributed by atoms with E-state index in [1.807, 2.05) is 0 Å². The molecule has 2 saturated heterocycles. The third-order valence-corrected chi connectivity index (χ3v) is 4.82. The van der Waals surface area contributed by atoms with E-state index >= 15 is 0 Å². The number of benzene rings is 1. The molecule has 0 radical (unpaired) electrons. The Bertz CT molecular complexity index is 499. The quantitative estimate of drug-likeness (QED) is 0.870. The van der Waals surface area contributed by atoms with Crippen LogP contribution in [0.15, 0.2) is 12.1 Å². The fraction of sp³-hybridized carbons (Fsp3) is 0.625. The third kappa shape index (κ3) is 3.83. The summed E-state index contributed by atoms with van der Waals surface area (Å²) in [6.07, 6.45) is 2.57. The Labute approximate surface area is 136 Å². The molecule has 2 fully saturated rings. The van der Waals surface area contributed by atoms with Crippen LogP contribution in [0.25, 0.3) is 0 Å². The van der Waals surface area contributed by atoms with Crippen molar-refractivity contribution in [2.45, 2.75) is 12.8 Å². The number of halogens is 2. The van der Waals surface area contributed by atoms with E-state index in [-0.39, 0.29) is 5.82 Å². The van der Waals surface area contributed by atoms with Crippen LogP contribution in [0.4, 0.5) is 15.8 Å². The predicted molar refractivity (Wildman–Crippen MR) is 90.7 cm³/mol. The molecule has 1 aromatic rings. The highest BCUT2D eigenvalue weighted by atomic mass is 35.5. The number of anilines is 2. The highest BCUT2D eigenvalue weighted by Crippen LogP contribution is 2.34. The Balaban J connectivity index is 1.66. The van der Waals surface area contributed by atoms with Gasteiger partial charge in [0.05, 0.1) is 16.4 Å².